The van der Waals surface area contributed by atoms with Gasteiger partial charge in [-0.25, -0.2) is 0 Å². The van der Waals surface area contributed by atoms with Gasteiger partial charge in [0.05, 0.1) is 29.6 Å². The molecule has 2 heteroatoms. The number of hydrogen-bond donors (Lipinski definition) is 0. The van der Waals surface area contributed by atoms with Gasteiger partial charge in [0.15, 0.2) is 0 Å². The molecule has 0 N–H and O–H groups in total. The number of hydrogen-bond acceptors (Lipinski definition) is 0. The summed E-state index contributed by atoms with van der Waals surface area (Å²) in [5, 5.41) is 0. The summed E-state index contributed by atoms with van der Waals surface area (Å²) in [5.41, 5.74) is 1.40. The Hall–Kier alpha value is -0.755. The summed E-state index contributed by atoms with van der Waals surface area (Å²) in [5.74, 6) is 0. The van der Waals surface area contributed by atoms with Crippen molar-refractivity contribution in [1.29, 1.82) is 0 Å². The van der Waals surface area contributed by atoms with Crippen LogP contribution >= 0.6 is 0 Å². The fourth-order valence-electron chi connectivity index (χ4n) is 1.13. The molecule has 0 radical (unpaired) electrons. The maximum Gasteiger partial charge on any atom is 0.104 e. The number of quaternary nitrogens is 1. The number of benzene rings is 1. The third kappa shape index (κ3) is 4.19. The summed E-state index contributed by atoms with van der Waals surface area (Å²) in [6.45, 7) is 1.10. The first-order valence-electron chi connectivity index (χ1n) is 3.92. The fourth-order valence-corrected chi connectivity index (χ4v) is 1.13. The van der Waals surface area contributed by atoms with Gasteiger partial charge in [0.2, 0.25) is 0 Å². The Bertz CT molecular complexity index is 213. The Kier molecular flexibility index (Phi) is 4.04. The number of rotatable bonds is 2. The molecular weight excluding hydrogens is 145 g/mol. The zero-order valence-corrected chi connectivity index (χ0v) is 7.54. The Balaban J connectivity index is 0.00000121. The molecule has 0 amide bonds. The van der Waals surface area contributed by atoms with Crippen molar-refractivity contribution >= 4 is 8.41 Å². The van der Waals surface area contributed by atoms with E-state index in [0.717, 1.165) is 11.0 Å². The topological polar surface area (TPSA) is 0 Å². The normalized spacial score (nSPS) is 10.6. The average molecular weight is 164 g/mol. The van der Waals surface area contributed by atoms with Crippen LogP contribution < -0.4 is 0 Å². The molecule has 0 aliphatic heterocycles. The van der Waals surface area contributed by atoms with Gasteiger partial charge in [-0.2, -0.15) is 0 Å². The summed E-state index contributed by atoms with van der Waals surface area (Å²) in [4.78, 5) is 0. The summed E-state index contributed by atoms with van der Waals surface area (Å²) < 4.78 is 0.990. The van der Waals surface area contributed by atoms with Crippen LogP contribution in [-0.4, -0.2) is 34.0 Å². The maximum absolute atomic E-state index is 2.20. The van der Waals surface area contributed by atoms with Gasteiger partial charge in [-0.15, -0.1) is 0 Å². The first-order chi connectivity index (χ1) is 5.08. The molecular formula is C10H19BN+. The molecule has 0 aliphatic carbocycles. The van der Waals surface area contributed by atoms with Crippen molar-refractivity contribution in [2.75, 3.05) is 21.1 Å². The van der Waals surface area contributed by atoms with E-state index in [1.165, 1.54) is 5.56 Å². The minimum atomic E-state index is 0. The highest BCUT2D eigenvalue weighted by Crippen LogP contribution is 2.04. The van der Waals surface area contributed by atoms with Crippen molar-refractivity contribution in [2.45, 2.75) is 6.54 Å². The van der Waals surface area contributed by atoms with E-state index in [0.29, 0.717) is 0 Å². The lowest BCUT2D eigenvalue weighted by Crippen LogP contribution is -2.33. The van der Waals surface area contributed by atoms with Crippen LogP contribution in [0.5, 0.6) is 0 Å². The van der Waals surface area contributed by atoms with Gasteiger partial charge in [-0.05, 0) is 0 Å². The van der Waals surface area contributed by atoms with E-state index in [2.05, 4.69) is 51.5 Å². The van der Waals surface area contributed by atoms with E-state index in [1.54, 1.807) is 0 Å². The second-order valence-corrected chi connectivity index (χ2v) is 3.93. The largest absolute Gasteiger partial charge is 0.327 e. The van der Waals surface area contributed by atoms with Crippen molar-refractivity contribution in [3.05, 3.63) is 35.9 Å². The zero-order valence-electron chi connectivity index (χ0n) is 7.54. The van der Waals surface area contributed by atoms with Gasteiger partial charge in [0.1, 0.15) is 6.54 Å². The molecule has 0 heterocycles. The fraction of sp³-hybridized carbons (Fsp3) is 0.400. The molecule has 0 aromatic heterocycles. The highest BCUT2D eigenvalue weighted by molar-refractivity contribution is 5.75. The van der Waals surface area contributed by atoms with E-state index in [9.17, 15) is 0 Å². The average Bonchev–Trinajstić information content (AvgIpc) is 1.85. The van der Waals surface area contributed by atoms with Gasteiger partial charge in [-0.1, -0.05) is 30.3 Å². The van der Waals surface area contributed by atoms with Crippen LogP contribution in [0.3, 0.4) is 0 Å². The first kappa shape index (κ1) is 11.2. The van der Waals surface area contributed by atoms with E-state index in [4.69, 9.17) is 0 Å². The lowest BCUT2D eigenvalue weighted by Gasteiger charge is -2.23. The second-order valence-electron chi connectivity index (χ2n) is 3.93. The molecule has 0 aliphatic rings. The maximum atomic E-state index is 2.20. The van der Waals surface area contributed by atoms with Gasteiger partial charge in [-0.3, -0.25) is 0 Å². The molecule has 12 heavy (non-hydrogen) atoms. The van der Waals surface area contributed by atoms with Gasteiger partial charge in [0, 0.05) is 5.56 Å². The summed E-state index contributed by atoms with van der Waals surface area (Å²) in [6, 6.07) is 10.6. The third-order valence-corrected chi connectivity index (χ3v) is 1.50. The Morgan fingerprint density at radius 1 is 1.00 bits per heavy atom. The monoisotopic (exact) mass is 164 g/mol. The number of nitrogens with zero attached hydrogens (tertiary/aromatic N) is 1. The molecule has 0 unspecified atom stereocenters. The lowest BCUT2D eigenvalue weighted by molar-refractivity contribution is -0.884. The van der Waals surface area contributed by atoms with Crippen LogP contribution in [0.1, 0.15) is 5.56 Å². The van der Waals surface area contributed by atoms with Crippen molar-refractivity contribution in [2.24, 2.45) is 0 Å². The predicted octanol–water partition coefficient (Wildman–Crippen LogP) is 0.709. The van der Waals surface area contributed by atoms with E-state index in [-0.39, 0.29) is 8.41 Å². The molecule has 0 bridgehead atoms. The quantitative estimate of drug-likeness (QED) is 0.446. The predicted molar refractivity (Wildman–Crippen MR) is 58.1 cm³/mol. The molecule has 1 rings (SSSR count). The molecule has 0 saturated carbocycles. The van der Waals surface area contributed by atoms with E-state index < -0.39 is 0 Å². The third-order valence-electron chi connectivity index (χ3n) is 1.50. The van der Waals surface area contributed by atoms with Gasteiger partial charge in [0.25, 0.3) is 0 Å². The van der Waals surface area contributed by atoms with Gasteiger partial charge < -0.3 is 4.48 Å². The molecule has 66 valence electrons. The second kappa shape index (κ2) is 4.32. The molecule has 1 aromatic carbocycles. The molecule has 1 aromatic rings. The summed E-state index contributed by atoms with van der Waals surface area (Å²) >= 11 is 0. The van der Waals surface area contributed by atoms with Crippen LogP contribution in [-0.2, 0) is 6.54 Å². The Morgan fingerprint density at radius 2 is 1.50 bits per heavy atom. The smallest absolute Gasteiger partial charge is 0.104 e. The molecule has 0 atom stereocenters. The van der Waals surface area contributed by atoms with Crippen LogP contribution in [0.2, 0.25) is 0 Å². The molecule has 1 nitrogen and oxygen atoms in total. The van der Waals surface area contributed by atoms with Crippen LogP contribution in [0, 0.1) is 0 Å². The van der Waals surface area contributed by atoms with E-state index in [1.807, 2.05) is 0 Å². The van der Waals surface area contributed by atoms with Crippen LogP contribution in [0.25, 0.3) is 0 Å². The summed E-state index contributed by atoms with van der Waals surface area (Å²) in [6.07, 6.45) is 0. The van der Waals surface area contributed by atoms with Crippen molar-refractivity contribution < 1.29 is 4.48 Å². The van der Waals surface area contributed by atoms with Crippen molar-refractivity contribution in [3.8, 4) is 0 Å². The minimum Gasteiger partial charge on any atom is -0.327 e. The van der Waals surface area contributed by atoms with Crippen molar-refractivity contribution in [1.82, 2.24) is 0 Å². The Labute approximate surface area is 77.2 Å². The zero-order chi connectivity index (χ0) is 8.32. The van der Waals surface area contributed by atoms with Gasteiger partial charge >= 0.3 is 0 Å². The molecule has 0 fully saturated rings. The minimum absolute atomic E-state index is 0. The molecule has 0 saturated heterocycles. The van der Waals surface area contributed by atoms with Crippen molar-refractivity contribution in [3.63, 3.8) is 0 Å². The SMILES string of the molecule is B.C[N+](C)(C)Cc1ccccc1. The summed E-state index contributed by atoms with van der Waals surface area (Å²) in [7, 11) is 6.60. The van der Waals surface area contributed by atoms with E-state index >= 15 is 0 Å². The van der Waals surface area contributed by atoms with Crippen LogP contribution in [0.4, 0.5) is 0 Å². The first-order valence-corrected chi connectivity index (χ1v) is 3.92. The standard InChI is InChI=1S/C10H16N.BH3/c1-11(2,3)9-10-7-5-4-6-8-10;/h4-8H,9H2,1-3H3;1H3/q+1;. The highest BCUT2D eigenvalue weighted by Gasteiger charge is 2.06. The Morgan fingerprint density at radius 3 is 1.92 bits per heavy atom. The lowest BCUT2D eigenvalue weighted by atomic mass is 10.2. The molecule has 0 spiro atoms. The van der Waals surface area contributed by atoms with Crippen LogP contribution in [0.15, 0.2) is 30.3 Å². The highest BCUT2D eigenvalue weighted by atomic mass is 15.3.